The summed E-state index contributed by atoms with van der Waals surface area (Å²) < 4.78 is 28.5. The van der Waals surface area contributed by atoms with Gasteiger partial charge in [0.2, 0.25) is 0 Å². The van der Waals surface area contributed by atoms with Gasteiger partial charge in [0.1, 0.15) is 0 Å². The molecule has 5 nitrogen and oxygen atoms in total. The lowest BCUT2D eigenvalue weighted by molar-refractivity contribution is 0.102. The van der Waals surface area contributed by atoms with Crippen LogP contribution in [0.3, 0.4) is 0 Å². The molecule has 0 heterocycles. The topological polar surface area (TPSA) is 75.3 Å². The predicted octanol–water partition coefficient (Wildman–Crippen LogP) is 6.17. The quantitative estimate of drug-likeness (QED) is 0.328. The molecule has 4 aromatic rings. The number of amides is 1. The van der Waals surface area contributed by atoms with Crippen molar-refractivity contribution in [2.45, 2.75) is 4.90 Å². The first-order chi connectivity index (χ1) is 15.4. The molecule has 4 aromatic carbocycles. The van der Waals surface area contributed by atoms with Crippen molar-refractivity contribution < 1.29 is 13.2 Å². The summed E-state index contributed by atoms with van der Waals surface area (Å²) in [5.41, 5.74) is 3.58. The number of halogens is 1. The number of anilines is 2. The Labute approximate surface area is 195 Å². The first-order valence-corrected chi connectivity index (χ1v) is 12.0. The molecule has 7 heteroatoms. The van der Waals surface area contributed by atoms with E-state index in [9.17, 15) is 13.2 Å². The lowest BCUT2D eigenvalue weighted by atomic mass is 10.0. The highest BCUT2D eigenvalue weighted by Crippen LogP contribution is 2.22. The second-order valence-electron chi connectivity index (χ2n) is 7.03. The molecule has 0 radical (unpaired) electrons. The van der Waals surface area contributed by atoms with Crippen LogP contribution in [0.2, 0.25) is 0 Å². The number of nitrogens with one attached hydrogen (secondary N) is 2. The maximum absolute atomic E-state index is 12.6. The van der Waals surface area contributed by atoms with E-state index < -0.39 is 10.0 Å². The molecule has 160 valence electrons. The Morgan fingerprint density at radius 2 is 1.22 bits per heavy atom. The van der Waals surface area contributed by atoms with Gasteiger partial charge in [-0.25, -0.2) is 8.42 Å². The van der Waals surface area contributed by atoms with Crippen molar-refractivity contribution in [1.82, 2.24) is 0 Å². The third kappa shape index (κ3) is 5.25. The van der Waals surface area contributed by atoms with Gasteiger partial charge in [-0.3, -0.25) is 9.52 Å². The highest BCUT2D eigenvalue weighted by Gasteiger charge is 2.14. The van der Waals surface area contributed by atoms with Gasteiger partial charge in [-0.05, 0) is 71.8 Å². The molecule has 0 aliphatic carbocycles. The second kappa shape index (κ2) is 9.38. The smallest absolute Gasteiger partial charge is 0.261 e. The van der Waals surface area contributed by atoms with Gasteiger partial charge in [0.05, 0.1) is 4.90 Å². The summed E-state index contributed by atoms with van der Waals surface area (Å²) in [6, 6.07) is 30.1. The van der Waals surface area contributed by atoms with Crippen LogP contribution in [0.15, 0.2) is 112 Å². The van der Waals surface area contributed by atoms with Gasteiger partial charge in [-0.15, -0.1) is 0 Å². The minimum absolute atomic E-state index is 0.102. The molecule has 4 rings (SSSR count). The van der Waals surface area contributed by atoms with Crippen LogP contribution in [0.25, 0.3) is 11.1 Å². The van der Waals surface area contributed by atoms with Crippen LogP contribution in [0.5, 0.6) is 0 Å². The SMILES string of the molecule is O=C(Nc1ccc(S(=O)(=O)Nc2ccc(Br)cc2)cc1)c1ccc(-c2ccccc2)cc1. The molecule has 32 heavy (non-hydrogen) atoms. The third-order valence-corrected chi connectivity index (χ3v) is 6.70. The largest absolute Gasteiger partial charge is 0.322 e. The molecule has 0 atom stereocenters. The third-order valence-electron chi connectivity index (χ3n) is 4.77. The van der Waals surface area contributed by atoms with Gasteiger partial charge < -0.3 is 5.32 Å². The molecule has 0 aromatic heterocycles. The summed E-state index contributed by atoms with van der Waals surface area (Å²) in [4.78, 5) is 12.7. The van der Waals surface area contributed by atoms with Crippen LogP contribution in [-0.4, -0.2) is 14.3 Å². The van der Waals surface area contributed by atoms with Gasteiger partial charge in [0.15, 0.2) is 0 Å². The molecular formula is C25H19BrN2O3S. The predicted molar refractivity (Wildman–Crippen MR) is 131 cm³/mol. The van der Waals surface area contributed by atoms with E-state index in [1.54, 1.807) is 48.5 Å². The van der Waals surface area contributed by atoms with E-state index in [1.165, 1.54) is 12.1 Å². The van der Waals surface area contributed by atoms with E-state index in [4.69, 9.17) is 0 Å². The fourth-order valence-corrected chi connectivity index (χ4v) is 4.42. The first-order valence-electron chi connectivity index (χ1n) is 9.76. The Morgan fingerprint density at radius 3 is 1.84 bits per heavy atom. The van der Waals surface area contributed by atoms with Crippen LogP contribution in [-0.2, 0) is 10.0 Å². The van der Waals surface area contributed by atoms with Gasteiger partial charge in [-0.1, -0.05) is 58.4 Å². The Balaban J connectivity index is 1.43. The monoisotopic (exact) mass is 506 g/mol. The summed E-state index contributed by atoms with van der Waals surface area (Å²) in [6.45, 7) is 0. The van der Waals surface area contributed by atoms with Crippen LogP contribution >= 0.6 is 15.9 Å². The molecule has 0 saturated heterocycles. The van der Waals surface area contributed by atoms with Crippen LogP contribution in [0.4, 0.5) is 11.4 Å². The van der Waals surface area contributed by atoms with E-state index in [2.05, 4.69) is 26.0 Å². The van der Waals surface area contributed by atoms with Crippen LogP contribution in [0.1, 0.15) is 10.4 Å². The summed E-state index contributed by atoms with van der Waals surface area (Å²) in [5.74, 6) is -0.270. The summed E-state index contributed by atoms with van der Waals surface area (Å²) in [5, 5.41) is 2.79. The fourth-order valence-electron chi connectivity index (χ4n) is 3.10. The lowest BCUT2D eigenvalue weighted by Crippen LogP contribution is -2.14. The molecular weight excluding hydrogens is 488 g/mol. The van der Waals surface area contributed by atoms with Crippen molar-refractivity contribution in [2.75, 3.05) is 10.0 Å². The molecule has 0 aliphatic rings. The highest BCUT2D eigenvalue weighted by atomic mass is 79.9. The number of hydrogen-bond donors (Lipinski definition) is 2. The first kappa shape index (κ1) is 21.8. The van der Waals surface area contributed by atoms with Crippen molar-refractivity contribution in [1.29, 1.82) is 0 Å². The van der Waals surface area contributed by atoms with Crippen molar-refractivity contribution in [3.05, 3.63) is 113 Å². The van der Waals surface area contributed by atoms with E-state index in [0.29, 0.717) is 16.9 Å². The Hall–Kier alpha value is -3.42. The van der Waals surface area contributed by atoms with Crippen LogP contribution in [0, 0.1) is 0 Å². The van der Waals surface area contributed by atoms with Crippen molar-refractivity contribution >= 4 is 43.2 Å². The van der Waals surface area contributed by atoms with Crippen molar-refractivity contribution in [3.8, 4) is 11.1 Å². The number of benzene rings is 4. The molecule has 0 aliphatic heterocycles. The molecule has 0 saturated carbocycles. The van der Waals surface area contributed by atoms with E-state index >= 15 is 0 Å². The minimum Gasteiger partial charge on any atom is -0.322 e. The molecule has 1 amide bonds. The van der Waals surface area contributed by atoms with E-state index in [-0.39, 0.29) is 10.8 Å². The molecule has 0 spiro atoms. The lowest BCUT2D eigenvalue weighted by Gasteiger charge is -2.10. The minimum atomic E-state index is -3.73. The number of sulfonamides is 1. The normalized spacial score (nSPS) is 11.0. The second-order valence-corrected chi connectivity index (χ2v) is 9.63. The number of hydrogen-bond acceptors (Lipinski definition) is 3. The molecule has 0 unspecified atom stereocenters. The van der Waals surface area contributed by atoms with Gasteiger partial charge in [0.25, 0.3) is 15.9 Å². The average Bonchev–Trinajstić information content (AvgIpc) is 2.81. The number of carbonyl (C=O) groups is 1. The van der Waals surface area contributed by atoms with Crippen LogP contribution < -0.4 is 10.0 Å². The summed E-state index contributed by atoms with van der Waals surface area (Å²) in [6.07, 6.45) is 0. The molecule has 2 N–H and O–H groups in total. The van der Waals surface area contributed by atoms with Gasteiger partial charge >= 0.3 is 0 Å². The molecule has 0 bridgehead atoms. The standard InChI is InChI=1S/C25H19BrN2O3S/c26-21-10-12-23(13-11-21)28-32(30,31)24-16-14-22(15-17-24)27-25(29)20-8-6-19(7-9-20)18-4-2-1-3-5-18/h1-17,28H,(H,27,29). The zero-order valence-electron chi connectivity index (χ0n) is 16.8. The Bertz CT molecular complexity index is 1320. The van der Waals surface area contributed by atoms with Crippen molar-refractivity contribution in [3.63, 3.8) is 0 Å². The Morgan fingerprint density at radius 1 is 0.656 bits per heavy atom. The summed E-state index contributed by atoms with van der Waals surface area (Å²) in [7, 11) is -3.73. The average molecular weight is 507 g/mol. The van der Waals surface area contributed by atoms with Gasteiger partial charge in [-0.2, -0.15) is 0 Å². The Kier molecular flexibility index (Phi) is 6.39. The fraction of sp³-hybridized carbons (Fsp3) is 0. The zero-order valence-corrected chi connectivity index (χ0v) is 19.2. The maximum atomic E-state index is 12.6. The van der Waals surface area contributed by atoms with E-state index in [1.807, 2.05) is 42.5 Å². The zero-order chi connectivity index (χ0) is 22.6. The summed E-state index contributed by atoms with van der Waals surface area (Å²) >= 11 is 3.32. The maximum Gasteiger partial charge on any atom is 0.261 e. The van der Waals surface area contributed by atoms with Gasteiger partial charge in [0, 0.05) is 21.4 Å². The van der Waals surface area contributed by atoms with Crippen molar-refractivity contribution in [2.24, 2.45) is 0 Å². The van der Waals surface area contributed by atoms with E-state index in [0.717, 1.165) is 15.6 Å². The molecule has 0 fully saturated rings. The highest BCUT2D eigenvalue weighted by molar-refractivity contribution is 9.10. The number of rotatable bonds is 6. The number of carbonyl (C=O) groups excluding carboxylic acids is 1.